The van der Waals surface area contributed by atoms with E-state index < -0.39 is 5.91 Å². The predicted molar refractivity (Wildman–Crippen MR) is 105 cm³/mol. The molecule has 1 N–H and O–H groups in total. The summed E-state index contributed by atoms with van der Waals surface area (Å²) in [5, 5.41) is 3.24. The van der Waals surface area contributed by atoms with Gasteiger partial charge in [-0.1, -0.05) is 24.3 Å². The van der Waals surface area contributed by atoms with Crippen LogP contribution in [0.1, 0.15) is 15.9 Å². The molecule has 0 bridgehead atoms. The number of carbonyl (C=O) groups is 1. The first-order valence-corrected chi connectivity index (χ1v) is 8.66. The van der Waals surface area contributed by atoms with Gasteiger partial charge in [0.1, 0.15) is 11.3 Å². The second-order valence-corrected chi connectivity index (χ2v) is 6.11. The van der Waals surface area contributed by atoms with Crippen LogP contribution < -0.4 is 15.5 Å². The molecule has 0 aliphatic rings. The zero-order valence-corrected chi connectivity index (χ0v) is 15.4. The van der Waals surface area contributed by atoms with Crippen LogP contribution in [-0.4, -0.2) is 37.8 Å². The van der Waals surface area contributed by atoms with Gasteiger partial charge >= 0.3 is 0 Å². The van der Waals surface area contributed by atoms with Gasteiger partial charge in [-0.15, -0.1) is 0 Å². The van der Waals surface area contributed by atoms with Gasteiger partial charge in [-0.2, -0.15) is 0 Å². The Kier molecular flexibility index (Phi) is 5.88. The van der Waals surface area contributed by atoms with E-state index in [0.717, 1.165) is 16.8 Å². The minimum absolute atomic E-state index is 0.123. The number of nitrogens with one attached hydrogen (secondary N) is 1. The van der Waals surface area contributed by atoms with Crippen LogP contribution in [0.3, 0.4) is 0 Å². The molecule has 0 aliphatic heterocycles. The highest BCUT2D eigenvalue weighted by Crippen LogP contribution is 2.16. The fourth-order valence-corrected chi connectivity index (χ4v) is 2.93. The van der Waals surface area contributed by atoms with Crippen molar-refractivity contribution in [3.63, 3.8) is 0 Å². The molecule has 3 aromatic rings. The summed E-state index contributed by atoms with van der Waals surface area (Å²) < 4.78 is 12.1. The van der Waals surface area contributed by atoms with Crippen molar-refractivity contribution >= 4 is 16.8 Å². The molecule has 0 atom stereocenters. The third-order valence-corrected chi connectivity index (χ3v) is 4.34. The first kappa shape index (κ1) is 18.7. The van der Waals surface area contributed by atoms with E-state index in [4.69, 9.17) is 9.47 Å². The maximum Gasteiger partial charge on any atom is 0.256 e. The molecule has 6 heteroatoms. The Labute approximate surface area is 157 Å². The highest BCUT2D eigenvalue weighted by molar-refractivity contribution is 5.97. The molecule has 3 rings (SSSR count). The van der Waals surface area contributed by atoms with E-state index in [1.807, 2.05) is 41.0 Å². The molecule has 0 aliphatic carbocycles. The Hall–Kier alpha value is -3.12. The van der Waals surface area contributed by atoms with Gasteiger partial charge in [-0.25, -0.2) is 0 Å². The number of fused-ring (bicyclic) bond motifs is 1. The van der Waals surface area contributed by atoms with Crippen molar-refractivity contribution in [3.05, 3.63) is 76.1 Å². The van der Waals surface area contributed by atoms with Crippen LogP contribution in [0.4, 0.5) is 0 Å². The molecular weight excluding hydrogens is 344 g/mol. The summed E-state index contributed by atoms with van der Waals surface area (Å²) in [7, 11) is 3.18. The van der Waals surface area contributed by atoms with Gasteiger partial charge in [0.2, 0.25) is 5.43 Å². The van der Waals surface area contributed by atoms with E-state index in [-0.39, 0.29) is 11.0 Å². The van der Waals surface area contributed by atoms with Gasteiger partial charge in [0.15, 0.2) is 0 Å². The van der Waals surface area contributed by atoms with E-state index in [1.165, 1.54) is 0 Å². The van der Waals surface area contributed by atoms with Crippen LogP contribution >= 0.6 is 0 Å². The van der Waals surface area contributed by atoms with Gasteiger partial charge in [-0.3, -0.25) is 9.59 Å². The number of para-hydroxylation sites is 1. The molecule has 0 spiro atoms. The first-order valence-electron chi connectivity index (χ1n) is 8.66. The maximum absolute atomic E-state index is 12.8. The van der Waals surface area contributed by atoms with Gasteiger partial charge in [-0.05, 0) is 29.8 Å². The van der Waals surface area contributed by atoms with Crippen molar-refractivity contribution in [1.29, 1.82) is 0 Å². The fourth-order valence-electron chi connectivity index (χ4n) is 2.93. The van der Waals surface area contributed by atoms with Crippen molar-refractivity contribution in [3.8, 4) is 5.75 Å². The number of methoxy groups -OCH3 is 2. The summed E-state index contributed by atoms with van der Waals surface area (Å²) in [4.78, 5) is 25.2. The van der Waals surface area contributed by atoms with Crippen LogP contribution in [0.5, 0.6) is 5.75 Å². The zero-order chi connectivity index (χ0) is 19.2. The monoisotopic (exact) mass is 366 g/mol. The molecule has 1 heterocycles. The van der Waals surface area contributed by atoms with Crippen molar-refractivity contribution < 1.29 is 14.3 Å². The number of benzene rings is 2. The average Bonchev–Trinajstić information content (AvgIpc) is 2.71. The van der Waals surface area contributed by atoms with Gasteiger partial charge in [0.25, 0.3) is 5.91 Å². The number of carbonyl (C=O) groups excluding carboxylic acids is 1. The smallest absolute Gasteiger partial charge is 0.256 e. The van der Waals surface area contributed by atoms with Crippen LogP contribution in [0, 0.1) is 0 Å². The molecule has 2 aromatic carbocycles. The number of nitrogens with zero attached hydrogens (tertiary/aromatic N) is 1. The lowest BCUT2D eigenvalue weighted by Gasteiger charge is -2.14. The van der Waals surface area contributed by atoms with Gasteiger partial charge in [0.05, 0.1) is 19.2 Å². The molecule has 0 saturated carbocycles. The van der Waals surface area contributed by atoms with Gasteiger partial charge < -0.3 is 19.4 Å². The number of pyridine rings is 1. The Balaban J connectivity index is 2.01. The normalized spacial score (nSPS) is 10.7. The average molecular weight is 366 g/mol. The Morgan fingerprint density at radius 1 is 1.07 bits per heavy atom. The Morgan fingerprint density at radius 2 is 1.81 bits per heavy atom. The van der Waals surface area contributed by atoms with Gasteiger partial charge in [0, 0.05) is 31.8 Å². The standard InChI is InChI=1S/C21H22N2O4/c1-26-12-11-22-21(25)18-14-23(13-15-7-9-16(27-2)10-8-15)19-6-4-3-5-17(19)20(18)24/h3-10,14H,11-13H2,1-2H3,(H,22,25). The minimum atomic E-state index is -0.397. The van der Waals surface area contributed by atoms with Crippen molar-refractivity contribution in [2.45, 2.75) is 6.54 Å². The lowest BCUT2D eigenvalue weighted by molar-refractivity contribution is 0.0935. The quantitative estimate of drug-likeness (QED) is 0.652. The molecule has 0 saturated heterocycles. The summed E-state index contributed by atoms with van der Waals surface area (Å²) in [6, 6.07) is 15.0. The number of rotatable bonds is 7. The van der Waals surface area contributed by atoms with E-state index in [9.17, 15) is 9.59 Å². The van der Waals surface area contributed by atoms with Crippen molar-refractivity contribution in [1.82, 2.24) is 9.88 Å². The van der Waals surface area contributed by atoms with Crippen molar-refractivity contribution in [2.75, 3.05) is 27.4 Å². The summed E-state index contributed by atoms with van der Waals surface area (Å²) >= 11 is 0. The zero-order valence-electron chi connectivity index (χ0n) is 15.4. The third kappa shape index (κ3) is 4.17. The van der Waals surface area contributed by atoms with Crippen LogP contribution in [-0.2, 0) is 11.3 Å². The number of ether oxygens (including phenoxy) is 2. The minimum Gasteiger partial charge on any atom is -0.497 e. The number of hydrogen-bond donors (Lipinski definition) is 1. The third-order valence-electron chi connectivity index (χ3n) is 4.34. The molecule has 6 nitrogen and oxygen atoms in total. The van der Waals surface area contributed by atoms with E-state index >= 15 is 0 Å². The lowest BCUT2D eigenvalue weighted by atomic mass is 10.1. The molecule has 0 radical (unpaired) electrons. The molecule has 0 unspecified atom stereocenters. The van der Waals surface area contributed by atoms with E-state index in [0.29, 0.717) is 25.1 Å². The second kappa shape index (κ2) is 8.51. The summed E-state index contributed by atoms with van der Waals surface area (Å²) in [6.45, 7) is 1.27. The molecule has 140 valence electrons. The number of amides is 1. The topological polar surface area (TPSA) is 69.6 Å². The van der Waals surface area contributed by atoms with E-state index in [2.05, 4.69) is 5.32 Å². The maximum atomic E-state index is 12.8. The van der Waals surface area contributed by atoms with E-state index in [1.54, 1.807) is 32.5 Å². The van der Waals surface area contributed by atoms with Crippen LogP contribution in [0.25, 0.3) is 10.9 Å². The van der Waals surface area contributed by atoms with Crippen molar-refractivity contribution in [2.24, 2.45) is 0 Å². The summed E-state index contributed by atoms with van der Waals surface area (Å²) in [5.74, 6) is 0.382. The van der Waals surface area contributed by atoms with Crippen LogP contribution in [0.2, 0.25) is 0 Å². The number of hydrogen-bond acceptors (Lipinski definition) is 4. The summed E-state index contributed by atoms with van der Waals surface area (Å²) in [5.41, 5.74) is 1.67. The number of aromatic nitrogens is 1. The fraction of sp³-hybridized carbons (Fsp3) is 0.238. The lowest BCUT2D eigenvalue weighted by Crippen LogP contribution is -2.32. The largest absolute Gasteiger partial charge is 0.497 e. The molecule has 27 heavy (non-hydrogen) atoms. The Bertz CT molecular complexity index is 993. The highest BCUT2D eigenvalue weighted by Gasteiger charge is 2.15. The Morgan fingerprint density at radius 3 is 2.52 bits per heavy atom. The SMILES string of the molecule is COCCNC(=O)c1cn(Cc2ccc(OC)cc2)c2ccccc2c1=O. The highest BCUT2D eigenvalue weighted by atomic mass is 16.5. The second-order valence-electron chi connectivity index (χ2n) is 6.11. The first-order chi connectivity index (χ1) is 13.1. The molecule has 1 amide bonds. The molecule has 1 aromatic heterocycles. The molecular formula is C21H22N2O4. The van der Waals surface area contributed by atoms with Crippen LogP contribution in [0.15, 0.2) is 59.5 Å². The predicted octanol–water partition coefficient (Wildman–Crippen LogP) is 2.43. The molecule has 0 fully saturated rings. The summed E-state index contributed by atoms with van der Waals surface area (Å²) in [6.07, 6.45) is 1.62.